The molecule has 9 heteroatoms. The lowest BCUT2D eigenvalue weighted by molar-refractivity contribution is 0.584. The van der Waals surface area contributed by atoms with Crippen molar-refractivity contribution in [2.45, 2.75) is 11.8 Å². The summed E-state index contributed by atoms with van der Waals surface area (Å²) in [4.78, 5) is 12.5. The number of halogens is 2. The van der Waals surface area contributed by atoms with Crippen LogP contribution in [0.1, 0.15) is 5.56 Å². The second-order valence-electron chi connectivity index (χ2n) is 5.89. The van der Waals surface area contributed by atoms with Gasteiger partial charge in [-0.25, -0.2) is 27.3 Å². The first-order valence-corrected chi connectivity index (χ1v) is 10.4. The van der Waals surface area contributed by atoms with Crippen molar-refractivity contribution >= 4 is 43.8 Å². The largest absolute Gasteiger partial charge is 0.269 e. The van der Waals surface area contributed by atoms with Gasteiger partial charge in [0.1, 0.15) is 5.52 Å². The van der Waals surface area contributed by atoms with Gasteiger partial charge in [0.25, 0.3) is 10.0 Å². The molecule has 1 aromatic carbocycles. The quantitative estimate of drug-likeness (QED) is 0.320. The van der Waals surface area contributed by atoms with Crippen LogP contribution in [0.3, 0.4) is 0 Å². The lowest BCUT2D eigenvalue weighted by Gasteiger charge is -2.07. The molecule has 0 radical (unpaired) electrons. The predicted molar refractivity (Wildman–Crippen MR) is 107 cm³/mol. The van der Waals surface area contributed by atoms with Gasteiger partial charge in [0, 0.05) is 24.0 Å². The van der Waals surface area contributed by atoms with Crippen molar-refractivity contribution < 1.29 is 12.8 Å². The van der Waals surface area contributed by atoms with Gasteiger partial charge in [0.15, 0.2) is 5.65 Å². The highest BCUT2D eigenvalue weighted by Crippen LogP contribution is 2.27. The molecule has 0 fully saturated rings. The van der Waals surface area contributed by atoms with E-state index >= 15 is 0 Å². The molecule has 0 unspecified atom stereocenters. The number of rotatable bonds is 3. The second-order valence-corrected chi connectivity index (χ2v) is 8.86. The monoisotopic (exact) mass is 494 g/mol. The summed E-state index contributed by atoms with van der Waals surface area (Å²) >= 11 is 2.01. The normalized spacial score (nSPS) is 11.8. The fourth-order valence-electron chi connectivity index (χ4n) is 2.64. The Labute approximate surface area is 168 Å². The summed E-state index contributed by atoms with van der Waals surface area (Å²) in [5.41, 5.74) is 2.57. The fourth-order valence-corrected chi connectivity index (χ4v) is 4.78. The van der Waals surface area contributed by atoms with Crippen molar-refractivity contribution in [2.75, 3.05) is 0 Å². The number of aromatic nitrogens is 4. The van der Waals surface area contributed by atoms with Gasteiger partial charge in [-0.15, -0.1) is 0 Å². The lowest BCUT2D eigenvalue weighted by Crippen LogP contribution is -2.12. The molecule has 3 aromatic heterocycles. The molecule has 136 valence electrons. The summed E-state index contributed by atoms with van der Waals surface area (Å²) < 4.78 is 41.1. The Morgan fingerprint density at radius 3 is 2.56 bits per heavy atom. The summed E-state index contributed by atoms with van der Waals surface area (Å²) in [6.07, 6.45) is 4.25. The maximum absolute atomic E-state index is 13.4. The van der Waals surface area contributed by atoms with Gasteiger partial charge in [0.2, 0.25) is 5.95 Å². The highest BCUT2D eigenvalue weighted by atomic mass is 127. The molecule has 27 heavy (non-hydrogen) atoms. The summed E-state index contributed by atoms with van der Waals surface area (Å²) in [7, 11) is -3.81. The van der Waals surface area contributed by atoms with Crippen LogP contribution >= 0.6 is 22.6 Å². The molecule has 0 bridgehead atoms. The molecular formula is C18H12FIN4O2S. The maximum Gasteiger partial charge on any atom is 0.269 e. The SMILES string of the molecule is Cc1ccc(S(=O)(=O)n2cc(I)c3nc(-c4ccnc(F)c4)cnc32)cc1. The van der Waals surface area contributed by atoms with Crippen molar-refractivity contribution in [1.29, 1.82) is 0 Å². The molecular weight excluding hydrogens is 482 g/mol. The maximum atomic E-state index is 13.4. The molecule has 4 aromatic rings. The number of pyridine rings is 1. The summed E-state index contributed by atoms with van der Waals surface area (Å²) in [5, 5.41) is 0. The standard InChI is InChI=1S/C18H12FIN4O2S/c1-11-2-4-13(5-3-11)27(25,26)24-10-14(20)17-18(24)22-9-15(23-17)12-6-7-21-16(19)8-12/h2-10H,1H3. The summed E-state index contributed by atoms with van der Waals surface area (Å²) in [6, 6.07) is 9.47. The molecule has 0 amide bonds. The smallest absolute Gasteiger partial charge is 0.242 e. The zero-order chi connectivity index (χ0) is 19.2. The van der Waals surface area contributed by atoms with Crippen LogP contribution in [-0.2, 0) is 10.0 Å². The summed E-state index contributed by atoms with van der Waals surface area (Å²) in [6.45, 7) is 1.89. The van der Waals surface area contributed by atoms with Crippen LogP contribution in [-0.4, -0.2) is 27.3 Å². The average molecular weight is 494 g/mol. The molecule has 0 atom stereocenters. The van der Waals surface area contributed by atoms with E-state index in [1.165, 1.54) is 24.7 Å². The van der Waals surface area contributed by atoms with E-state index in [4.69, 9.17) is 0 Å². The van der Waals surface area contributed by atoms with Crippen LogP contribution in [0.2, 0.25) is 0 Å². The zero-order valence-electron chi connectivity index (χ0n) is 14.0. The van der Waals surface area contributed by atoms with Gasteiger partial charge < -0.3 is 0 Å². The topological polar surface area (TPSA) is 77.7 Å². The van der Waals surface area contributed by atoms with Crippen LogP contribution < -0.4 is 0 Å². The molecule has 0 aliphatic heterocycles. The van der Waals surface area contributed by atoms with Gasteiger partial charge in [-0.1, -0.05) is 17.7 Å². The molecule has 0 N–H and O–H groups in total. The van der Waals surface area contributed by atoms with Gasteiger partial charge >= 0.3 is 0 Å². The molecule has 6 nitrogen and oxygen atoms in total. The van der Waals surface area contributed by atoms with E-state index in [0.717, 1.165) is 9.54 Å². The fraction of sp³-hybridized carbons (Fsp3) is 0.0556. The first-order chi connectivity index (χ1) is 12.9. The Hall–Kier alpha value is -2.40. The van der Waals surface area contributed by atoms with Crippen LogP contribution in [0, 0.1) is 16.4 Å². The van der Waals surface area contributed by atoms with Gasteiger partial charge in [0.05, 0.1) is 20.4 Å². The first-order valence-electron chi connectivity index (χ1n) is 7.84. The number of benzene rings is 1. The highest BCUT2D eigenvalue weighted by molar-refractivity contribution is 14.1. The Balaban J connectivity index is 1.88. The molecule has 0 saturated heterocycles. The predicted octanol–water partition coefficient (Wildman–Crippen LogP) is 3.78. The molecule has 0 saturated carbocycles. The van der Waals surface area contributed by atoms with Crippen LogP contribution in [0.4, 0.5) is 4.39 Å². The molecule has 0 aliphatic carbocycles. The number of hydrogen-bond acceptors (Lipinski definition) is 5. The Bertz CT molecular complexity index is 1270. The third-order valence-electron chi connectivity index (χ3n) is 4.02. The number of aryl methyl sites for hydroxylation is 1. The van der Waals surface area contributed by atoms with Crippen molar-refractivity contribution in [3.8, 4) is 11.3 Å². The van der Waals surface area contributed by atoms with Crippen molar-refractivity contribution in [2.24, 2.45) is 0 Å². The van der Waals surface area contributed by atoms with Crippen molar-refractivity contribution in [3.05, 3.63) is 70.1 Å². The molecule has 0 aliphatic rings. The van der Waals surface area contributed by atoms with E-state index in [-0.39, 0.29) is 10.5 Å². The van der Waals surface area contributed by atoms with E-state index in [9.17, 15) is 12.8 Å². The van der Waals surface area contributed by atoms with Crippen molar-refractivity contribution in [3.63, 3.8) is 0 Å². The second kappa shape index (κ2) is 6.64. The lowest BCUT2D eigenvalue weighted by atomic mass is 10.2. The Morgan fingerprint density at radius 2 is 1.85 bits per heavy atom. The third kappa shape index (κ3) is 3.21. The van der Waals surface area contributed by atoms with Gasteiger partial charge in [-0.05, 0) is 47.7 Å². The van der Waals surface area contributed by atoms with E-state index in [1.807, 2.05) is 29.5 Å². The van der Waals surface area contributed by atoms with E-state index in [1.54, 1.807) is 30.3 Å². The highest BCUT2D eigenvalue weighted by Gasteiger charge is 2.22. The minimum absolute atomic E-state index is 0.170. The molecule has 4 rings (SSSR count). The van der Waals surface area contributed by atoms with E-state index in [2.05, 4.69) is 15.0 Å². The number of nitrogens with zero attached hydrogens (tertiary/aromatic N) is 4. The average Bonchev–Trinajstić information content (AvgIpc) is 2.99. The molecule has 0 spiro atoms. The molecule has 3 heterocycles. The van der Waals surface area contributed by atoms with Crippen LogP contribution in [0.25, 0.3) is 22.4 Å². The number of hydrogen-bond donors (Lipinski definition) is 0. The van der Waals surface area contributed by atoms with Gasteiger partial charge in [-0.3, -0.25) is 0 Å². The minimum atomic E-state index is -3.81. The van der Waals surface area contributed by atoms with E-state index in [0.29, 0.717) is 20.3 Å². The minimum Gasteiger partial charge on any atom is -0.242 e. The Morgan fingerprint density at radius 1 is 1.11 bits per heavy atom. The Kier molecular flexibility index (Phi) is 4.42. The number of fused-ring (bicyclic) bond motifs is 1. The van der Waals surface area contributed by atoms with Crippen molar-refractivity contribution in [1.82, 2.24) is 18.9 Å². The van der Waals surface area contributed by atoms with Crippen LogP contribution in [0.15, 0.2) is 59.9 Å². The first kappa shape index (κ1) is 18.0. The third-order valence-corrected chi connectivity index (χ3v) is 6.47. The van der Waals surface area contributed by atoms with E-state index < -0.39 is 16.0 Å². The zero-order valence-corrected chi connectivity index (χ0v) is 16.9. The summed E-state index contributed by atoms with van der Waals surface area (Å²) in [5.74, 6) is -0.622. The van der Waals surface area contributed by atoms with Gasteiger partial charge in [-0.2, -0.15) is 4.39 Å². The van der Waals surface area contributed by atoms with Crippen LogP contribution in [0.5, 0.6) is 0 Å².